The molecule has 6 nitrogen and oxygen atoms in total. The lowest BCUT2D eigenvalue weighted by Crippen LogP contribution is -2.40. The zero-order valence-electron chi connectivity index (χ0n) is 19.3. The lowest BCUT2D eigenvalue weighted by Gasteiger charge is -2.25. The van der Waals surface area contributed by atoms with Gasteiger partial charge in [-0.3, -0.25) is 0 Å². The molecule has 0 radical (unpaired) electrons. The fourth-order valence-corrected chi connectivity index (χ4v) is 3.89. The summed E-state index contributed by atoms with van der Waals surface area (Å²) in [7, 11) is 1.61. The summed E-state index contributed by atoms with van der Waals surface area (Å²) in [5.41, 5.74) is 3.90. The molecule has 1 N–H and O–H groups in total. The van der Waals surface area contributed by atoms with Crippen molar-refractivity contribution < 1.29 is 18.8 Å². The zero-order chi connectivity index (χ0) is 23.9. The van der Waals surface area contributed by atoms with Crippen LogP contribution in [0.25, 0.3) is 0 Å². The van der Waals surface area contributed by atoms with Crippen molar-refractivity contribution >= 4 is 17.4 Å². The Morgan fingerprint density at radius 2 is 1.85 bits per heavy atom. The van der Waals surface area contributed by atoms with Crippen molar-refractivity contribution in [2.24, 2.45) is 5.16 Å². The Hall–Kier alpha value is -3.87. The molecule has 0 spiro atoms. The molecule has 0 saturated carbocycles. The first kappa shape index (κ1) is 23.3. The van der Waals surface area contributed by atoms with E-state index in [0.29, 0.717) is 23.4 Å². The minimum Gasteiger partial charge on any atom is -0.496 e. The number of nitrogens with one attached hydrogen (secondary N) is 1. The van der Waals surface area contributed by atoms with Gasteiger partial charge in [0.05, 0.1) is 25.9 Å². The number of ether oxygens (including phenoxy) is 1. The van der Waals surface area contributed by atoms with E-state index in [0.717, 1.165) is 17.7 Å². The number of aryl methyl sites for hydroxylation is 1. The predicted molar refractivity (Wildman–Crippen MR) is 131 cm³/mol. The number of methoxy groups -OCH3 is 1. The van der Waals surface area contributed by atoms with Gasteiger partial charge in [-0.2, -0.15) is 0 Å². The third kappa shape index (κ3) is 5.54. The molecule has 1 heterocycles. The largest absolute Gasteiger partial charge is 0.496 e. The van der Waals surface area contributed by atoms with E-state index in [2.05, 4.69) is 17.4 Å². The Morgan fingerprint density at radius 3 is 2.59 bits per heavy atom. The molecule has 1 atom stereocenters. The highest BCUT2D eigenvalue weighted by atomic mass is 19.1. The topological polar surface area (TPSA) is 63.2 Å². The highest BCUT2D eigenvalue weighted by Crippen LogP contribution is 2.25. The Kier molecular flexibility index (Phi) is 7.42. The maximum absolute atomic E-state index is 14.4. The van der Waals surface area contributed by atoms with E-state index in [1.807, 2.05) is 48.5 Å². The van der Waals surface area contributed by atoms with Crippen LogP contribution in [0.2, 0.25) is 0 Å². The van der Waals surface area contributed by atoms with Crippen LogP contribution in [0, 0.1) is 5.82 Å². The first-order valence-corrected chi connectivity index (χ1v) is 11.3. The van der Waals surface area contributed by atoms with E-state index >= 15 is 0 Å². The van der Waals surface area contributed by atoms with Crippen molar-refractivity contribution in [3.05, 3.63) is 95.3 Å². The molecule has 3 aromatic carbocycles. The van der Waals surface area contributed by atoms with Crippen LogP contribution in [-0.4, -0.2) is 36.4 Å². The monoisotopic (exact) mass is 461 g/mol. The Labute approximate surface area is 199 Å². The predicted octanol–water partition coefficient (Wildman–Crippen LogP) is 5.62. The number of hydrogen-bond acceptors (Lipinski definition) is 4. The summed E-state index contributed by atoms with van der Waals surface area (Å²) in [5.74, 6) is 0.355. The molecule has 176 valence electrons. The van der Waals surface area contributed by atoms with Gasteiger partial charge in [0.2, 0.25) is 0 Å². The normalized spacial score (nSPS) is 14.8. The van der Waals surface area contributed by atoms with Gasteiger partial charge in [0.15, 0.2) is 6.10 Å². The van der Waals surface area contributed by atoms with Crippen molar-refractivity contribution in [3.63, 3.8) is 0 Å². The van der Waals surface area contributed by atoms with E-state index in [1.54, 1.807) is 30.2 Å². The molecule has 0 aliphatic carbocycles. The number of hydrogen-bond donors (Lipinski definition) is 1. The standard InChI is InChI=1S/C27H28FN3O3/c1-3-19-12-14-21(15-13-19)29-27(32)31(17-20-8-4-6-10-24(20)28)18-22-16-25(30-34-22)23-9-5-7-11-26(23)33-2/h4-15,22H,3,16-18H2,1-2H3,(H,29,32). The number of urea groups is 1. The smallest absolute Gasteiger partial charge is 0.322 e. The third-order valence-corrected chi connectivity index (χ3v) is 5.79. The number of nitrogens with zero attached hydrogens (tertiary/aromatic N) is 2. The molecule has 0 aromatic heterocycles. The van der Waals surface area contributed by atoms with Gasteiger partial charge in [0.25, 0.3) is 0 Å². The highest BCUT2D eigenvalue weighted by Gasteiger charge is 2.28. The quantitative estimate of drug-likeness (QED) is 0.473. The van der Waals surface area contributed by atoms with Gasteiger partial charge in [-0.15, -0.1) is 0 Å². The minimum absolute atomic E-state index is 0.107. The molecule has 4 rings (SSSR count). The molecule has 34 heavy (non-hydrogen) atoms. The van der Waals surface area contributed by atoms with E-state index in [1.165, 1.54) is 11.6 Å². The first-order valence-electron chi connectivity index (χ1n) is 11.3. The third-order valence-electron chi connectivity index (χ3n) is 5.79. The second-order valence-corrected chi connectivity index (χ2v) is 8.12. The van der Waals surface area contributed by atoms with Crippen molar-refractivity contribution in [2.45, 2.75) is 32.4 Å². The molecule has 7 heteroatoms. The fraction of sp³-hybridized carbons (Fsp3) is 0.259. The summed E-state index contributed by atoms with van der Waals surface area (Å²) in [6.07, 6.45) is 1.06. The summed E-state index contributed by atoms with van der Waals surface area (Å²) < 4.78 is 19.8. The molecular weight excluding hydrogens is 433 g/mol. The number of benzene rings is 3. The Morgan fingerprint density at radius 1 is 1.12 bits per heavy atom. The van der Waals surface area contributed by atoms with Gasteiger partial charge < -0.3 is 19.8 Å². The van der Waals surface area contributed by atoms with Gasteiger partial charge in [0.1, 0.15) is 11.6 Å². The van der Waals surface area contributed by atoms with Gasteiger partial charge in [-0.05, 0) is 42.3 Å². The van der Waals surface area contributed by atoms with Gasteiger partial charge in [-0.1, -0.05) is 54.5 Å². The summed E-state index contributed by atoms with van der Waals surface area (Å²) in [5, 5.41) is 7.16. The second kappa shape index (κ2) is 10.8. The number of carbonyl (C=O) groups excluding carboxylic acids is 1. The van der Waals surface area contributed by atoms with Crippen molar-refractivity contribution in [3.8, 4) is 5.75 Å². The minimum atomic E-state index is -0.361. The average Bonchev–Trinajstić information content (AvgIpc) is 3.33. The number of halogens is 1. The highest BCUT2D eigenvalue weighted by molar-refractivity contribution is 6.03. The first-order chi connectivity index (χ1) is 16.6. The molecular formula is C27H28FN3O3. The molecule has 0 saturated heterocycles. The van der Waals surface area contributed by atoms with Crippen molar-refractivity contribution in [1.82, 2.24) is 4.90 Å². The molecule has 2 amide bonds. The maximum atomic E-state index is 14.4. The number of anilines is 1. The van der Waals surface area contributed by atoms with Gasteiger partial charge in [0, 0.05) is 23.2 Å². The van der Waals surface area contributed by atoms with E-state index in [4.69, 9.17) is 9.57 Å². The van der Waals surface area contributed by atoms with Crippen LogP contribution in [-0.2, 0) is 17.8 Å². The van der Waals surface area contributed by atoms with Crippen LogP contribution in [0.15, 0.2) is 78.0 Å². The Bertz CT molecular complexity index is 1160. The Balaban J connectivity index is 1.49. The van der Waals surface area contributed by atoms with Crippen LogP contribution >= 0.6 is 0 Å². The number of rotatable bonds is 8. The molecule has 3 aromatic rings. The lowest BCUT2D eigenvalue weighted by atomic mass is 10.0. The molecule has 1 unspecified atom stereocenters. The van der Waals surface area contributed by atoms with Crippen LogP contribution in [0.1, 0.15) is 30.0 Å². The summed E-state index contributed by atoms with van der Waals surface area (Å²) in [6, 6.07) is 21.4. The lowest BCUT2D eigenvalue weighted by molar-refractivity contribution is 0.0606. The van der Waals surface area contributed by atoms with Crippen LogP contribution in [0.5, 0.6) is 5.75 Å². The van der Waals surface area contributed by atoms with Crippen LogP contribution in [0.4, 0.5) is 14.9 Å². The average molecular weight is 462 g/mol. The fourth-order valence-electron chi connectivity index (χ4n) is 3.89. The molecule has 1 aliphatic heterocycles. The summed E-state index contributed by atoms with van der Waals surface area (Å²) in [4.78, 5) is 20.4. The van der Waals surface area contributed by atoms with Crippen LogP contribution < -0.4 is 10.1 Å². The molecule has 0 bridgehead atoms. The molecule has 1 aliphatic rings. The SMILES string of the molecule is CCc1ccc(NC(=O)N(Cc2ccccc2F)CC2CC(c3ccccc3OC)=NO2)cc1. The summed E-state index contributed by atoms with van der Waals surface area (Å²) >= 11 is 0. The van der Waals surface area contributed by atoms with E-state index < -0.39 is 0 Å². The number of amides is 2. The van der Waals surface area contributed by atoms with Crippen LogP contribution in [0.3, 0.4) is 0 Å². The van der Waals surface area contributed by atoms with Gasteiger partial charge >= 0.3 is 6.03 Å². The van der Waals surface area contributed by atoms with Gasteiger partial charge in [-0.25, -0.2) is 9.18 Å². The number of para-hydroxylation sites is 1. The summed E-state index contributed by atoms with van der Waals surface area (Å²) in [6.45, 7) is 2.43. The van der Waals surface area contributed by atoms with E-state index in [9.17, 15) is 9.18 Å². The number of oxime groups is 1. The van der Waals surface area contributed by atoms with E-state index in [-0.39, 0.29) is 31.0 Å². The zero-order valence-corrected chi connectivity index (χ0v) is 19.3. The van der Waals surface area contributed by atoms with Crippen molar-refractivity contribution in [2.75, 3.05) is 19.0 Å². The maximum Gasteiger partial charge on any atom is 0.322 e. The molecule has 0 fully saturated rings. The number of carbonyl (C=O) groups is 1. The van der Waals surface area contributed by atoms with Crippen molar-refractivity contribution in [1.29, 1.82) is 0 Å². The second-order valence-electron chi connectivity index (χ2n) is 8.12.